The highest BCUT2D eigenvalue weighted by Crippen LogP contribution is 1.96. The van der Waals surface area contributed by atoms with Crippen molar-refractivity contribution in [1.82, 2.24) is 5.32 Å². The third-order valence-electron chi connectivity index (χ3n) is 1.34. The first kappa shape index (κ1) is 10.9. The normalized spacial score (nSPS) is 11.6. The molecular formula is C9H16N2O. The van der Waals surface area contributed by atoms with E-state index >= 15 is 0 Å². The van der Waals surface area contributed by atoms with Crippen molar-refractivity contribution in [2.24, 2.45) is 0 Å². The number of allylic oxidation sites excluding steroid dienone is 1. The number of rotatable bonds is 4. The number of ketones is 1. The van der Waals surface area contributed by atoms with E-state index in [0.717, 1.165) is 0 Å². The molecule has 12 heavy (non-hydrogen) atoms. The zero-order valence-electron chi connectivity index (χ0n) is 8.06. The molecule has 0 bridgehead atoms. The Morgan fingerprint density at radius 2 is 1.92 bits per heavy atom. The van der Waals surface area contributed by atoms with Gasteiger partial charge < -0.3 is 10.7 Å². The molecule has 0 atom stereocenters. The number of hydrogen-bond donors (Lipinski definition) is 2. The van der Waals surface area contributed by atoms with Gasteiger partial charge in [0.2, 0.25) is 0 Å². The quantitative estimate of drug-likeness (QED) is 0.493. The number of carbonyl (C=O) groups is 1. The molecule has 0 saturated heterocycles. The van der Waals surface area contributed by atoms with Crippen LogP contribution in [-0.4, -0.2) is 17.5 Å². The van der Waals surface area contributed by atoms with Gasteiger partial charge in [0.05, 0.1) is 5.57 Å². The van der Waals surface area contributed by atoms with Crippen LogP contribution in [0.2, 0.25) is 0 Å². The summed E-state index contributed by atoms with van der Waals surface area (Å²) in [5.41, 5.74) is 0.749. The number of hydrogen-bond acceptors (Lipinski definition) is 3. The van der Waals surface area contributed by atoms with Crippen LogP contribution in [0.3, 0.4) is 0 Å². The maximum absolute atomic E-state index is 10.9. The van der Waals surface area contributed by atoms with Crippen LogP contribution >= 0.6 is 0 Å². The van der Waals surface area contributed by atoms with Crippen LogP contribution < -0.4 is 5.32 Å². The Morgan fingerprint density at radius 1 is 1.42 bits per heavy atom. The first-order valence-corrected chi connectivity index (χ1v) is 3.97. The van der Waals surface area contributed by atoms with E-state index in [2.05, 4.69) is 5.32 Å². The minimum atomic E-state index is -0.0735. The van der Waals surface area contributed by atoms with Crippen molar-refractivity contribution < 1.29 is 4.79 Å². The largest absolute Gasteiger partial charge is 0.388 e. The molecule has 0 aromatic heterocycles. The fourth-order valence-electron chi connectivity index (χ4n) is 0.724. The molecule has 0 aliphatic heterocycles. The van der Waals surface area contributed by atoms with Crippen molar-refractivity contribution in [1.29, 1.82) is 5.41 Å². The summed E-state index contributed by atoms with van der Waals surface area (Å²) >= 11 is 0. The molecule has 3 nitrogen and oxygen atoms in total. The first-order valence-electron chi connectivity index (χ1n) is 3.97. The molecule has 0 saturated carbocycles. The summed E-state index contributed by atoms with van der Waals surface area (Å²) in [4.78, 5) is 10.9. The maximum Gasteiger partial charge on any atom is 0.163 e. The van der Waals surface area contributed by atoms with Gasteiger partial charge in [0.15, 0.2) is 5.78 Å². The number of carbonyl (C=O) groups excluding carboxylic acids is 1. The van der Waals surface area contributed by atoms with Crippen LogP contribution in [0, 0.1) is 5.41 Å². The summed E-state index contributed by atoms with van der Waals surface area (Å²) in [6, 6.07) is 0.290. The van der Waals surface area contributed by atoms with Crippen LogP contribution in [0.15, 0.2) is 11.8 Å². The summed E-state index contributed by atoms with van der Waals surface area (Å²) in [5, 5.41) is 10.3. The van der Waals surface area contributed by atoms with Gasteiger partial charge in [0.25, 0.3) is 0 Å². The molecule has 0 amide bonds. The van der Waals surface area contributed by atoms with E-state index in [4.69, 9.17) is 5.41 Å². The molecule has 3 heteroatoms. The Labute approximate surface area is 73.4 Å². The van der Waals surface area contributed by atoms with Crippen LogP contribution in [-0.2, 0) is 4.79 Å². The molecule has 2 N–H and O–H groups in total. The fraction of sp³-hybridized carbons (Fsp3) is 0.556. The summed E-state index contributed by atoms with van der Waals surface area (Å²) in [6.45, 7) is 7.03. The van der Waals surface area contributed by atoms with Crippen LogP contribution in [0.25, 0.3) is 0 Å². The van der Waals surface area contributed by atoms with Crippen molar-refractivity contribution in [2.75, 3.05) is 0 Å². The molecule has 68 valence electrons. The van der Waals surface area contributed by atoms with Crippen LogP contribution in [0.4, 0.5) is 0 Å². The molecule has 0 heterocycles. The van der Waals surface area contributed by atoms with Gasteiger partial charge in [-0.15, -0.1) is 0 Å². The maximum atomic E-state index is 10.9. The van der Waals surface area contributed by atoms with E-state index in [9.17, 15) is 4.79 Å². The van der Waals surface area contributed by atoms with Gasteiger partial charge >= 0.3 is 0 Å². The number of nitrogens with one attached hydrogen (secondary N) is 2. The fourth-order valence-corrected chi connectivity index (χ4v) is 0.724. The summed E-state index contributed by atoms with van der Waals surface area (Å²) in [7, 11) is 0. The Bertz CT molecular complexity index is 201. The minimum Gasteiger partial charge on any atom is -0.388 e. The first-order chi connectivity index (χ1) is 5.45. The van der Waals surface area contributed by atoms with Crippen molar-refractivity contribution >= 4 is 11.5 Å². The van der Waals surface area contributed by atoms with Crippen molar-refractivity contribution in [2.45, 2.75) is 33.7 Å². The average molecular weight is 168 g/mol. The zero-order chi connectivity index (χ0) is 9.72. The Morgan fingerprint density at radius 3 is 2.17 bits per heavy atom. The monoisotopic (exact) mass is 168 g/mol. The van der Waals surface area contributed by atoms with Gasteiger partial charge in [-0.2, -0.15) is 0 Å². The Hall–Kier alpha value is -1.12. The summed E-state index contributed by atoms with van der Waals surface area (Å²) in [6.07, 6.45) is 1.61. The topological polar surface area (TPSA) is 53.0 Å². The lowest BCUT2D eigenvalue weighted by molar-refractivity contribution is -0.113. The smallest absolute Gasteiger partial charge is 0.163 e. The third-order valence-corrected chi connectivity index (χ3v) is 1.34. The SMILES string of the molecule is CC(=N)/C(=C\NC(C)C)C(C)=O. The second-order valence-electron chi connectivity index (χ2n) is 3.06. The lowest BCUT2D eigenvalue weighted by atomic mass is 10.1. The highest BCUT2D eigenvalue weighted by atomic mass is 16.1. The molecular weight excluding hydrogens is 152 g/mol. The third kappa shape index (κ3) is 3.91. The van der Waals surface area contributed by atoms with Crippen molar-refractivity contribution in [3.05, 3.63) is 11.8 Å². The predicted molar refractivity (Wildman–Crippen MR) is 50.4 cm³/mol. The number of Topliss-reactive ketones (excluding diaryl/α,β-unsaturated/α-hetero) is 1. The van der Waals surface area contributed by atoms with E-state index in [1.165, 1.54) is 6.92 Å². The average Bonchev–Trinajstić information content (AvgIpc) is 1.84. The highest BCUT2D eigenvalue weighted by molar-refractivity contribution is 6.19. The van der Waals surface area contributed by atoms with Gasteiger partial charge in [-0.05, 0) is 27.7 Å². The molecule has 0 aliphatic carbocycles. The molecule has 0 rings (SSSR count). The lowest BCUT2D eigenvalue weighted by Gasteiger charge is -2.06. The summed E-state index contributed by atoms with van der Waals surface area (Å²) < 4.78 is 0. The standard InChI is InChI=1S/C9H16N2O/c1-6(2)11-5-9(7(3)10)8(4)12/h5-6,10-11H,1-4H3/b9-5+,10-7?. The van der Waals surface area contributed by atoms with Gasteiger partial charge in [0, 0.05) is 18.0 Å². The molecule has 0 aromatic carbocycles. The molecule has 0 aromatic rings. The molecule has 0 unspecified atom stereocenters. The Kier molecular flexibility index (Phi) is 4.26. The van der Waals surface area contributed by atoms with E-state index in [-0.39, 0.29) is 5.78 Å². The van der Waals surface area contributed by atoms with Gasteiger partial charge in [-0.1, -0.05) is 0 Å². The van der Waals surface area contributed by atoms with E-state index in [1.54, 1.807) is 13.1 Å². The Balaban J connectivity index is 4.40. The molecule has 0 fully saturated rings. The van der Waals surface area contributed by atoms with E-state index in [1.807, 2.05) is 13.8 Å². The van der Waals surface area contributed by atoms with E-state index < -0.39 is 0 Å². The predicted octanol–water partition coefficient (Wildman–Crippen LogP) is 1.50. The van der Waals surface area contributed by atoms with Gasteiger partial charge in [0.1, 0.15) is 0 Å². The van der Waals surface area contributed by atoms with Gasteiger partial charge in [-0.3, -0.25) is 4.79 Å². The van der Waals surface area contributed by atoms with Crippen LogP contribution in [0.5, 0.6) is 0 Å². The molecule has 0 spiro atoms. The summed E-state index contributed by atoms with van der Waals surface area (Å²) in [5.74, 6) is -0.0735. The lowest BCUT2D eigenvalue weighted by Crippen LogP contribution is -2.19. The van der Waals surface area contributed by atoms with Crippen LogP contribution in [0.1, 0.15) is 27.7 Å². The highest BCUT2D eigenvalue weighted by Gasteiger charge is 2.05. The minimum absolute atomic E-state index is 0.0735. The second kappa shape index (κ2) is 4.70. The molecule has 0 aliphatic rings. The second-order valence-corrected chi connectivity index (χ2v) is 3.06. The zero-order valence-corrected chi connectivity index (χ0v) is 8.06. The van der Waals surface area contributed by atoms with E-state index in [0.29, 0.717) is 17.3 Å². The van der Waals surface area contributed by atoms with Crippen molar-refractivity contribution in [3.8, 4) is 0 Å². The van der Waals surface area contributed by atoms with Gasteiger partial charge in [-0.25, -0.2) is 0 Å². The molecule has 0 radical (unpaired) electrons. The van der Waals surface area contributed by atoms with Crippen molar-refractivity contribution in [3.63, 3.8) is 0 Å².